The molecule has 218 valence electrons. The number of carbonyl (C=O) groups excluding carboxylic acids is 2. The van der Waals surface area contributed by atoms with Crippen LogP contribution in [0.4, 0.5) is 18.0 Å². The van der Waals surface area contributed by atoms with Gasteiger partial charge in [-0.25, -0.2) is 14.4 Å². The molecule has 4 rings (SSSR count). The highest BCUT2D eigenvalue weighted by atomic mass is 19.4. The minimum atomic E-state index is -4.58. The lowest BCUT2D eigenvalue weighted by Gasteiger charge is -2.31. The van der Waals surface area contributed by atoms with Crippen molar-refractivity contribution in [2.45, 2.75) is 96.1 Å². The Morgan fingerprint density at radius 1 is 1.05 bits per heavy atom. The van der Waals surface area contributed by atoms with Crippen LogP contribution in [0, 0.1) is 0 Å². The first-order chi connectivity index (χ1) is 18.7. The van der Waals surface area contributed by atoms with Gasteiger partial charge in [-0.3, -0.25) is 13.9 Å². The van der Waals surface area contributed by atoms with E-state index in [1.807, 2.05) is 0 Å². The topological polar surface area (TPSA) is 109 Å². The van der Waals surface area contributed by atoms with E-state index in [0.717, 1.165) is 10.6 Å². The lowest BCUT2D eigenvalue weighted by Crippen LogP contribution is -2.47. The Morgan fingerprint density at radius 3 is 2.33 bits per heavy atom. The van der Waals surface area contributed by atoms with E-state index >= 15 is 0 Å². The van der Waals surface area contributed by atoms with Crippen LogP contribution < -0.4 is 16.6 Å². The maximum Gasteiger partial charge on any atom is 0.416 e. The fraction of sp³-hybridized carbons (Fsp3) is 0.571. The number of rotatable bonds is 5. The summed E-state index contributed by atoms with van der Waals surface area (Å²) in [5, 5.41) is 2.83. The van der Waals surface area contributed by atoms with Crippen molar-refractivity contribution in [1.29, 1.82) is 0 Å². The molecule has 40 heavy (non-hydrogen) atoms. The summed E-state index contributed by atoms with van der Waals surface area (Å²) in [5.74, 6) is -0.905. The number of ether oxygens (including phenoxy) is 2. The van der Waals surface area contributed by atoms with Crippen molar-refractivity contribution in [1.82, 2.24) is 14.5 Å². The van der Waals surface area contributed by atoms with Crippen molar-refractivity contribution in [2.24, 2.45) is 0 Å². The number of hydrogen-bond donors (Lipinski definition) is 1. The average molecular weight is 566 g/mol. The lowest BCUT2D eigenvalue weighted by atomic mass is 9.91. The summed E-state index contributed by atoms with van der Waals surface area (Å²) in [4.78, 5) is 52.2. The Balaban J connectivity index is 1.69. The van der Waals surface area contributed by atoms with Crippen LogP contribution in [0.5, 0.6) is 0 Å². The fourth-order valence-corrected chi connectivity index (χ4v) is 5.61. The highest BCUT2D eigenvalue weighted by Gasteiger charge is 2.39. The minimum Gasteiger partial charge on any atom is -0.462 e. The summed E-state index contributed by atoms with van der Waals surface area (Å²) in [5.41, 5.74) is -3.09. The zero-order valence-electron chi connectivity index (χ0n) is 23.0. The Hall–Kier alpha value is -3.57. The molecule has 1 saturated carbocycles. The van der Waals surface area contributed by atoms with Crippen LogP contribution in [-0.4, -0.2) is 39.4 Å². The molecule has 2 aliphatic carbocycles. The van der Waals surface area contributed by atoms with Crippen LogP contribution in [0.2, 0.25) is 0 Å². The number of nitrogens with one attached hydrogen (secondary N) is 1. The molecule has 0 unspecified atom stereocenters. The number of alkyl halides is 3. The summed E-state index contributed by atoms with van der Waals surface area (Å²) in [6, 6.07) is 2.20. The molecule has 1 aromatic carbocycles. The van der Waals surface area contributed by atoms with Gasteiger partial charge < -0.3 is 14.8 Å². The highest BCUT2D eigenvalue weighted by Crippen LogP contribution is 2.41. The number of alkyl carbamates (subject to hydrolysis) is 1. The molecule has 1 N–H and O–H groups in total. The standard InChI is InChI=1S/C28H34F3N3O6/c1-5-39-24(36)20-15-33(17-11-9-16(10-12-17)32-25(37)40-27(2,3)4)26(38)34(23(20)35)22-14-13-18-19(22)7-6-8-21(18)28(29,30)31/h6-8,15-17,22H,5,9-14H2,1-4H3,(H,32,37)/t16?,17?,22-/m1/s1. The molecule has 9 nitrogen and oxygen atoms in total. The average Bonchev–Trinajstić information content (AvgIpc) is 3.27. The van der Waals surface area contributed by atoms with Crippen molar-refractivity contribution in [3.05, 3.63) is 67.5 Å². The van der Waals surface area contributed by atoms with Gasteiger partial charge in [0.15, 0.2) is 0 Å². The first kappa shape index (κ1) is 29.4. The van der Waals surface area contributed by atoms with Crippen LogP contribution >= 0.6 is 0 Å². The van der Waals surface area contributed by atoms with E-state index in [1.165, 1.54) is 22.9 Å². The lowest BCUT2D eigenvalue weighted by molar-refractivity contribution is -0.138. The van der Waals surface area contributed by atoms with Gasteiger partial charge in [-0.15, -0.1) is 0 Å². The predicted molar refractivity (Wildman–Crippen MR) is 139 cm³/mol. The molecule has 1 fully saturated rings. The number of halogens is 3. The zero-order chi connectivity index (χ0) is 29.4. The van der Waals surface area contributed by atoms with E-state index in [9.17, 15) is 32.3 Å². The smallest absolute Gasteiger partial charge is 0.416 e. The molecular weight excluding hydrogens is 531 g/mol. The Morgan fingerprint density at radius 2 is 1.73 bits per heavy atom. The third-order valence-electron chi connectivity index (χ3n) is 7.31. The Kier molecular flexibility index (Phi) is 8.18. The van der Waals surface area contributed by atoms with Crippen molar-refractivity contribution in [3.63, 3.8) is 0 Å². The number of hydrogen-bond acceptors (Lipinski definition) is 6. The Bertz CT molecular complexity index is 1400. The van der Waals surface area contributed by atoms with Gasteiger partial charge in [-0.05, 0) is 83.4 Å². The van der Waals surface area contributed by atoms with E-state index in [2.05, 4.69) is 5.32 Å². The molecule has 0 radical (unpaired) electrons. The first-order valence-electron chi connectivity index (χ1n) is 13.4. The van der Waals surface area contributed by atoms with E-state index in [0.29, 0.717) is 25.7 Å². The molecule has 0 bridgehead atoms. The summed E-state index contributed by atoms with van der Waals surface area (Å²) >= 11 is 0. The molecule has 0 saturated heterocycles. The van der Waals surface area contributed by atoms with Gasteiger partial charge in [-0.1, -0.05) is 12.1 Å². The summed E-state index contributed by atoms with van der Waals surface area (Å²) in [7, 11) is 0. The second kappa shape index (κ2) is 11.1. The number of fused-ring (bicyclic) bond motifs is 1. The third-order valence-corrected chi connectivity index (χ3v) is 7.31. The second-order valence-electron chi connectivity index (χ2n) is 11.2. The van der Waals surface area contributed by atoms with Crippen LogP contribution in [0.3, 0.4) is 0 Å². The largest absolute Gasteiger partial charge is 0.462 e. The molecule has 2 aromatic rings. The van der Waals surface area contributed by atoms with Crippen LogP contribution in [0.15, 0.2) is 34.0 Å². The van der Waals surface area contributed by atoms with Gasteiger partial charge >= 0.3 is 23.9 Å². The maximum atomic E-state index is 13.8. The number of aromatic nitrogens is 2. The molecule has 2 aliphatic rings. The van der Waals surface area contributed by atoms with Crippen molar-refractivity contribution in [3.8, 4) is 0 Å². The predicted octanol–water partition coefficient (Wildman–Crippen LogP) is 4.75. The molecule has 12 heteroatoms. The van der Waals surface area contributed by atoms with Gasteiger partial charge in [0.05, 0.1) is 18.2 Å². The summed E-state index contributed by atoms with van der Waals surface area (Å²) in [6.45, 7) is 6.87. The van der Waals surface area contributed by atoms with Gasteiger partial charge in [0, 0.05) is 18.3 Å². The molecule has 1 amide bonds. The van der Waals surface area contributed by atoms with Gasteiger partial charge in [-0.2, -0.15) is 13.2 Å². The van der Waals surface area contributed by atoms with Crippen LogP contribution in [0.25, 0.3) is 0 Å². The fourth-order valence-electron chi connectivity index (χ4n) is 5.61. The second-order valence-corrected chi connectivity index (χ2v) is 11.2. The van der Waals surface area contributed by atoms with Gasteiger partial charge in [0.1, 0.15) is 11.2 Å². The monoisotopic (exact) mass is 565 g/mol. The molecular formula is C28H34F3N3O6. The molecule has 1 atom stereocenters. The molecule has 1 aromatic heterocycles. The quantitative estimate of drug-likeness (QED) is 0.525. The van der Waals surface area contributed by atoms with Crippen molar-refractivity contribution in [2.75, 3.05) is 6.61 Å². The van der Waals surface area contributed by atoms with Crippen LogP contribution in [0.1, 0.15) is 98.9 Å². The number of esters is 1. The summed E-state index contributed by atoms with van der Waals surface area (Å²) < 4.78 is 53.6. The molecule has 0 aliphatic heterocycles. The number of benzene rings is 1. The maximum absolute atomic E-state index is 13.8. The number of amides is 1. The van der Waals surface area contributed by atoms with Crippen molar-refractivity contribution < 1.29 is 32.2 Å². The minimum absolute atomic E-state index is 0.0000473. The SMILES string of the molecule is CCOC(=O)c1cn(C2CCC(NC(=O)OC(C)(C)C)CC2)c(=O)n([C@@H]2CCc3c2cccc3C(F)(F)F)c1=O. The van der Waals surface area contributed by atoms with E-state index < -0.39 is 52.7 Å². The van der Waals surface area contributed by atoms with Crippen LogP contribution in [-0.2, 0) is 22.1 Å². The van der Waals surface area contributed by atoms with Gasteiger partial charge in [0.25, 0.3) is 5.56 Å². The number of carbonyl (C=O) groups is 2. The zero-order valence-corrected chi connectivity index (χ0v) is 23.0. The third kappa shape index (κ3) is 6.10. The summed E-state index contributed by atoms with van der Waals surface area (Å²) in [6.07, 6.45) is -1.82. The highest BCUT2D eigenvalue weighted by molar-refractivity contribution is 5.88. The molecule has 0 spiro atoms. The van der Waals surface area contributed by atoms with Gasteiger partial charge in [0.2, 0.25) is 0 Å². The molecule has 1 heterocycles. The van der Waals surface area contributed by atoms with Crippen molar-refractivity contribution >= 4 is 12.1 Å². The van der Waals surface area contributed by atoms with E-state index in [1.54, 1.807) is 27.7 Å². The van der Waals surface area contributed by atoms with E-state index in [4.69, 9.17) is 9.47 Å². The normalized spacial score (nSPS) is 21.0. The Labute approximate surface area is 229 Å². The van der Waals surface area contributed by atoms with E-state index in [-0.39, 0.29) is 42.2 Å². The first-order valence-corrected chi connectivity index (χ1v) is 13.4. The number of nitrogens with zero attached hydrogens (tertiary/aromatic N) is 2.